The summed E-state index contributed by atoms with van der Waals surface area (Å²) in [6.45, 7) is 4.16. The Hall–Kier alpha value is -2.73. The molecule has 0 radical (unpaired) electrons. The average Bonchev–Trinajstić information content (AvgIpc) is 3.15. The molecule has 29 heavy (non-hydrogen) atoms. The summed E-state index contributed by atoms with van der Waals surface area (Å²) in [6, 6.07) is 18.0. The number of ether oxygens (including phenoxy) is 1. The predicted molar refractivity (Wildman–Crippen MR) is 116 cm³/mol. The van der Waals surface area contributed by atoms with Crippen molar-refractivity contribution in [1.29, 1.82) is 0 Å². The summed E-state index contributed by atoms with van der Waals surface area (Å²) in [6.07, 6.45) is 0.850. The third-order valence-corrected chi connectivity index (χ3v) is 5.83. The van der Waals surface area contributed by atoms with Gasteiger partial charge < -0.3 is 10.1 Å². The lowest BCUT2D eigenvalue weighted by Gasteiger charge is -2.16. The maximum atomic E-state index is 12.2. The molecule has 1 aromatic heterocycles. The van der Waals surface area contributed by atoms with Crippen molar-refractivity contribution >= 4 is 33.4 Å². The molecule has 2 aromatic carbocycles. The number of nitrogens with one attached hydrogen (secondary N) is 1. The van der Waals surface area contributed by atoms with E-state index in [2.05, 4.69) is 10.3 Å². The molecule has 6 heteroatoms. The fourth-order valence-corrected chi connectivity index (χ4v) is 4.03. The molecule has 0 aliphatic carbocycles. The van der Waals surface area contributed by atoms with Gasteiger partial charge in [0.05, 0.1) is 15.2 Å². The summed E-state index contributed by atoms with van der Waals surface area (Å²) in [4.78, 5) is 28.8. The fraction of sp³-hybridized carbons (Fsp3) is 0.348. The Balaban J connectivity index is 1.37. The van der Waals surface area contributed by atoms with Crippen LogP contribution in [0.4, 0.5) is 0 Å². The van der Waals surface area contributed by atoms with Gasteiger partial charge in [-0.05, 0) is 43.4 Å². The Bertz CT molecular complexity index is 922. The van der Waals surface area contributed by atoms with E-state index in [0.717, 1.165) is 27.2 Å². The normalized spacial score (nSPS) is 13.0. The van der Waals surface area contributed by atoms with Gasteiger partial charge in [0.2, 0.25) is 0 Å². The highest BCUT2D eigenvalue weighted by Crippen LogP contribution is 2.22. The van der Waals surface area contributed by atoms with Gasteiger partial charge in [0.1, 0.15) is 0 Å². The summed E-state index contributed by atoms with van der Waals surface area (Å²) >= 11 is 1.65. The number of carbonyl (C=O) groups excluding carboxylic acids is 2. The maximum absolute atomic E-state index is 12.2. The number of carbonyl (C=O) groups is 2. The van der Waals surface area contributed by atoms with Crippen LogP contribution in [0.1, 0.15) is 43.2 Å². The van der Waals surface area contributed by atoms with Gasteiger partial charge in [-0.15, -0.1) is 11.3 Å². The van der Waals surface area contributed by atoms with Gasteiger partial charge in [0, 0.05) is 13.0 Å². The van der Waals surface area contributed by atoms with Crippen LogP contribution in [0.5, 0.6) is 0 Å². The SMILES string of the molecule is C[C@H](OC(=O)CCCc1nc2ccccc2s1)C(=O)NC[C@H](C)c1ccccc1. The molecule has 0 saturated heterocycles. The number of nitrogens with zero attached hydrogens (tertiary/aromatic N) is 1. The minimum atomic E-state index is -0.798. The number of hydrogen-bond donors (Lipinski definition) is 1. The predicted octanol–water partition coefficient (Wildman–Crippen LogP) is 4.47. The first-order chi connectivity index (χ1) is 14.0. The van der Waals surface area contributed by atoms with E-state index >= 15 is 0 Å². The largest absolute Gasteiger partial charge is 0.453 e. The molecule has 0 fully saturated rings. The fourth-order valence-electron chi connectivity index (χ4n) is 3.02. The lowest BCUT2D eigenvalue weighted by molar-refractivity contribution is -0.154. The van der Waals surface area contributed by atoms with Crippen molar-refractivity contribution in [3.05, 3.63) is 65.2 Å². The number of benzene rings is 2. The van der Waals surface area contributed by atoms with Crippen molar-refractivity contribution in [2.24, 2.45) is 0 Å². The van der Waals surface area contributed by atoms with Gasteiger partial charge >= 0.3 is 5.97 Å². The summed E-state index contributed by atoms with van der Waals surface area (Å²) < 4.78 is 6.43. The first-order valence-electron chi connectivity index (χ1n) is 9.89. The zero-order chi connectivity index (χ0) is 20.6. The summed E-state index contributed by atoms with van der Waals surface area (Å²) in [5, 5.41) is 3.87. The maximum Gasteiger partial charge on any atom is 0.306 e. The Labute approximate surface area is 175 Å². The number of thiazole rings is 1. The molecule has 0 bridgehead atoms. The molecule has 1 N–H and O–H groups in total. The number of esters is 1. The molecular weight excluding hydrogens is 384 g/mol. The van der Waals surface area contributed by atoms with Crippen molar-refractivity contribution in [3.8, 4) is 0 Å². The summed E-state index contributed by atoms with van der Waals surface area (Å²) in [7, 11) is 0. The summed E-state index contributed by atoms with van der Waals surface area (Å²) in [5.41, 5.74) is 2.15. The molecule has 152 valence electrons. The van der Waals surface area contributed by atoms with Crippen molar-refractivity contribution in [2.45, 2.75) is 45.1 Å². The minimum absolute atomic E-state index is 0.192. The quantitative estimate of drug-likeness (QED) is 0.529. The van der Waals surface area contributed by atoms with E-state index in [1.54, 1.807) is 18.3 Å². The van der Waals surface area contributed by atoms with E-state index in [4.69, 9.17) is 4.74 Å². The van der Waals surface area contributed by atoms with Crippen molar-refractivity contribution in [3.63, 3.8) is 0 Å². The smallest absolute Gasteiger partial charge is 0.306 e. The first kappa shape index (κ1) is 21.0. The average molecular weight is 411 g/mol. The third kappa shape index (κ3) is 6.12. The van der Waals surface area contributed by atoms with E-state index in [-0.39, 0.29) is 24.2 Å². The number of aryl methyl sites for hydroxylation is 1. The Morgan fingerprint density at radius 1 is 1.07 bits per heavy atom. The number of amides is 1. The Kier molecular flexibility index (Phi) is 7.36. The van der Waals surface area contributed by atoms with Gasteiger partial charge in [-0.3, -0.25) is 9.59 Å². The minimum Gasteiger partial charge on any atom is -0.453 e. The molecule has 5 nitrogen and oxygen atoms in total. The van der Waals surface area contributed by atoms with Crippen molar-refractivity contribution in [2.75, 3.05) is 6.54 Å². The van der Waals surface area contributed by atoms with Gasteiger partial charge in [-0.2, -0.15) is 0 Å². The number of para-hydroxylation sites is 1. The molecule has 3 aromatic rings. The highest BCUT2D eigenvalue weighted by molar-refractivity contribution is 7.18. The van der Waals surface area contributed by atoms with E-state index in [9.17, 15) is 9.59 Å². The number of aromatic nitrogens is 1. The van der Waals surface area contributed by atoms with Crippen LogP contribution in [0.25, 0.3) is 10.2 Å². The highest BCUT2D eigenvalue weighted by Gasteiger charge is 2.18. The van der Waals surface area contributed by atoms with Crippen LogP contribution in [0.3, 0.4) is 0 Å². The molecule has 1 heterocycles. The summed E-state index contributed by atoms with van der Waals surface area (Å²) in [5.74, 6) is -0.436. The number of hydrogen-bond acceptors (Lipinski definition) is 5. The topological polar surface area (TPSA) is 68.3 Å². The molecule has 2 atom stereocenters. The van der Waals surface area contributed by atoms with Crippen LogP contribution in [0, 0.1) is 0 Å². The van der Waals surface area contributed by atoms with Crippen LogP contribution in [0.2, 0.25) is 0 Å². The first-order valence-corrected chi connectivity index (χ1v) is 10.7. The Morgan fingerprint density at radius 3 is 2.55 bits per heavy atom. The van der Waals surface area contributed by atoms with Crippen LogP contribution >= 0.6 is 11.3 Å². The zero-order valence-corrected chi connectivity index (χ0v) is 17.6. The van der Waals surface area contributed by atoms with Gasteiger partial charge in [0.25, 0.3) is 5.91 Å². The standard InChI is InChI=1S/C23H26N2O3S/c1-16(18-9-4-3-5-10-18)15-24-23(27)17(2)28-22(26)14-8-13-21-25-19-11-6-7-12-20(19)29-21/h3-7,9-12,16-17H,8,13-15H2,1-2H3,(H,24,27)/t16-,17-/m0/s1. The molecule has 0 aliphatic rings. The lowest BCUT2D eigenvalue weighted by Crippen LogP contribution is -2.37. The van der Waals surface area contributed by atoms with Crippen LogP contribution < -0.4 is 5.32 Å². The van der Waals surface area contributed by atoms with Crippen molar-refractivity contribution in [1.82, 2.24) is 10.3 Å². The molecule has 0 saturated carbocycles. The van der Waals surface area contributed by atoms with Crippen LogP contribution in [-0.4, -0.2) is 29.5 Å². The van der Waals surface area contributed by atoms with E-state index in [1.807, 2.05) is 61.5 Å². The number of fused-ring (bicyclic) bond motifs is 1. The number of rotatable bonds is 9. The molecule has 0 unspecified atom stereocenters. The van der Waals surface area contributed by atoms with E-state index < -0.39 is 6.10 Å². The molecule has 1 amide bonds. The molecule has 3 rings (SSSR count). The Morgan fingerprint density at radius 2 is 1.79 bits per heavy atom. The molecular formula is C23H26N2O3S. The third-order valence-electron chi connectivity index (χ3n) is 4.74. The van der Waals surface area contributed by atoms with Crippen LogP contribution in [0.15, 0.2) is 54.6 Å². The van der Waals surface area contributed by atoms with E-state index in [1.165, 1.54) is 0 Å². The van der Waals surface area contributed by atoms with Crippen molar-refractivity contribution < 1.29 is 14.3 Å². The van der Waals surface area contributed by atoms with Gasteiger partial charge in [-0.25, -0.2) is 4.98 Å². The lowest BCUT2D eigenvalue weighted by atomic mass is 10.0. The second-order valence-electron chi connectivity index (χ2n) is 7.12. The second kappa shape index (κ2) is 10.2. The highest BCUT2D eigenvalue weighted by atomic mass is 32.1. The second-order valence-corrected chi connectivity index (χ2v) is 8.23. The monoisotopic (exact) mass is 410 g/mol. The molecule has 0 spiro atoms. The van der Waals surface area contributed by atoms with Gasteiger partial charge in [-0.1, -0.05) is 49.4 Å². The molecule has 0 aliphatic heterocycles. The van der Waals surface area contributed by atoms with Gasteiger partial charge in [0.15, 0.2) is 6.10 Å². The van der Waals surface area contributed by atoms with E-state index in [0.29, 0.717) is 13.0 Å². The zero-order valence-electron chi connectivity index (χ0n) is 16.8. The van der Waals surface area contributed by atoms with Crippen LogP contribution in [-0.2, 0) is 20.7 Å².